The summed E-state index contributed by atoms with van der Waals surface area (Å²) in [6, 6.07) is 0. The van der Waals surface area contributed by atoms with Crippen LogP contribution in [-0.2, 0) is 0 Å². The standard InChI is InChI=1S/C14H29NO/c1-4-8-14(3,12-16)11-15-9-6-13(5-2)7-10-15/h13,16H,4-12H2,1-3H3. The quantitative estimate of drug-likeness (QED) is 0.754. The van der Waals surface area contributed by atoms with E-state index in [0.717, 1.165) is 18.9 Å². The van der Waals surface area contributed by atoms with Crippen molar-refractivity contribution in [3.63, 3.8) is 0 Å². The van der Waals surface area contributed by atoms with E-state index in [9.17, 15) is 5.11 Å². The molecule has 1 rings (SSSR count). The van der Waals surface area contributed by atoms with E-state index in [0.29, 0.717) is 6.61 Å². The molecule has 96 valence electrons. The highest BCUT2D eigenvalue weighted by molar-refractivity contribution is 4.80. The summed E-state index contributed by atoms with van der Waals surface area (Å²) in [5.41, 5.74) is 0.119. The summed E-state index contributed by atoms with van der Waals surface area (Å²) in [5, 5.41) is 9.52. The van der Waals surface area contributed by atoms with Gasteiger partial charge in [0.05, 0.1) is 0 Å². The van der Waals surface area contributed by atoms with E-state index in [1.165, 1.54) is 38.8 Å². The molecule has 1 fully saturated rings. The summed E-state index contributed by atoms with van der Waals surface area (Å²) >= 11 is 0. The molecule has 2 nitrogen and oxygen atoms in total. The lowest BCUT2D eigenvalue weighted by atomic mass is 9.84. The Morgan fingerprint density at radius 1 is 1.25 bits per heavy atom. The Morgan fingerprint density at radius 3 is 2.31 bits per heavy atom. The first-order valence-corrected chi connectivity index (χ1v) is 6.96. The molecule has 1 saturated heterocycles. The number of aliphatic hydroxyl groups excluding tert-OH is 1. The SMILES string of the molecule is CCCC(C)(CO)CN1CCC(CC)CC1. The maximum Gasteiger partial charge on any atom is 0.0497 e. The highest BCUT2D eigenvalue weighted by Crippen LogP contribution is 2.27. The average Bonchev–Trinajstić information content (AvgIpc) is 2.30. The van der Waals surface area contributed by atoms with Crippen LogP contribution >= 0.6 is 0 Å². The fourth-order valence-electron chi connectivity index (χ4n) is 2.90. The molecular weight excluding hydrogens is 198 g/mol. The molecule has 0 aromatic heterocycles. The van der Waals surface area contributed by atoms with Crippen LogP contribution in [-0.4, -0.2) is 36.2 Å². The van der Waals surface area contributed by atoms with Gasteiger partial charge in [0.2, 0.25) is 0 Å². The molecule has 16 heavy (non-hydrogen) atoms. The predicted octanol–water partition coefficient (Wildman–Crippen LogP) is 2.91. The molecule has 1 heterocycles. The lowest BCUT2D eigenvalue weighted by Crippen LogP contribution is -2.42. The third-order valence-corrected chi connectivity index (χ3v) is 4.13. The van der Waals surface area contributed by atoms with Crippen LogP contribution in [0.2, 0.25) is 0 Å². The van der Waals surface area contributed by atoms with E-state index in [1.54, 1.807) is 0 Å². The molecule has 0 aliphatic carbocycles. The summed E-state index contributed by atoms with van der Waals surface area (Å²) in [6.07, 6.45) is 6.34. The van der Waals surface area contributed by atoms with Gasteiger partial charge < -0.3 is 10.0 Å². The van der Waals surface area contributed by atoms with Crippen LogP contribution in [0.25, 0.3) is 0 Å². The van der Waals surface area contributed by atoms with Gasteiger partial charge in [-0.15, -0.1) is 0 Å². The van der Waals surface area contributed by atoms with Crippen molar-refractivity contribution in [3.8, 4) is 0 Å². The molecule has 0 aromatic carbocycles. The van der Waals surface area contributed by atoms with Gasteiger partial charge in [-0.1, -0.05) is 33.6 Å². The van der Waals surface area contributed by atoms with Gasteiger partial charge >= 0.3 is 0 Å². The number of likely N-dealkylation sites (tertiary alicyclic amines) is 1. The molecule has 2 heteroatoms. The lowest BCUT2D eigenvalue weighted by Gasteiger charge is -2.38. The molecular formula is C14H29NO. The fourth-order valence-corrected chi connectivity index (χ4v) is 2.90. The topological polar surface area (TPSA) is 23.5 Å². The van der Waals surface area contributed by atoms with E-state index >= 15 is 0 Å². The van der Waals surface area contributed by atoms with Gasteiger partial charge in [-0.25, -0.2) is 0 Å². The van der Waals surface area contributed by atoms with Crippen molar-refractivity contribution in [1.82, 2.24) is 4.90 Å². The maximum absolute atomic E-state index is 9.52. The fraction of sp³-hybridized carbons (Fsp3) is 1.00. The van der Waals surface area contributed by atoms with Gasteiger partial charge in [0.15, 0.2) is 0 Å². The molecule has 1 atom stereocenters. The summed E-state index contributed by atoms with van der Waals surface area (Å²) < 4.78 is 0. The molecule has 0 aromatic rings. The van der Waals surface area contributed by atoms with Crippen LogP contribution in [0.1, 0.15) is 52.9 Å². The van der Waals surface area contributed by atoms with Gasteiger partial charge in [0, 0.05) is 18.6 Å². The average molecular weight is 227 g/mol. The maximum atomic E-state index is 9.52. The van der Waals surface area contributed by atoms with Crippen LogP contribution in [0, 0.1) is 11.3 Å². The first-order chi connectivity index (χ1) is 7.63. The second-order valence-corrected chi connectivity index (χ2v) is 5.85. The Bertz CT molecular complexity index is 187. The van der Waals surface area contributed by atoms with Crippen molar-refractivity contribution in [2.24, 2.45) is 11.3 Å². The minimum absolute atomic E-state index is 0.119. The zero-order chi connectivity index (χ0) is 12.0. The Balaban J connectivity index is 2.36. The number of rotatable bonds is 6. The number of hydrogen-bond donors (Lipinski definition) is 1. The molecule has 0 radical (unpaired) electrons. The molecule has 0 saturated carbocycles. The van der Waals surface area contributed by atoms with E-state index in [2.05, 4.69) is 25.7 Å². The second-order valence-electron chi connectivity index (χ2n) is 5.85. The first-order valence-electron chi connectivity index (χ1n) is 6.96. The smallest absolute Gasteiger partial charge is 0.0497 e. The van der Waals surface area contributed by atoms with Gasteiger partial charge in [-0.2, -0.15) is 0 Å². The van der Waals surface area contributed by atoms with Crippen LogP contribution < -0.4 is 0 Å². The third kappa shape index (κ3) is 4.06. The minimum Gasteiger partial charge on any atom is -0.396 e. The molecule has 0 bridgehead atoms. The number of hydrogen-bond acceptors (Lipinski definition) is 2. The van der Waals surface area contributed by atoms with Gasteiger partial charge in [0.25, 0.3) is 0 Å². The van der Waals surface area contributed by atoms with E-state index in [4.69, 9.17) is 0 Å². The number of aliphatic hydroxyl groups is 1. The summed E-state index contributed by atoms with van der Waals surface area (Å²) in [5.74, 6) is 0.947. The predicted molar refractivity (Wildman–Crippen MR) is 69.6 cm³/mol. The Labute approximate surface area is 101 Å². The largest absolute Gasteiger partial charge is 0.396 e. The van der Waals surface area contributed by atoms with Gasteiger partial charge in [-0.05, 0) is 38.3 Å². The third-order valence-electron chi connectivity index (χ3n) is 4.13. The van der Waals surface area contributed by atoms with Crippen molar-refractivity contribution in [2.45, 2.75) is 52.9 Å². The monoisotopic (exact) mass is 227 g/mol. The molecule has 0 spiro atoms. The highest BCUT2D eigenvalue weighted by Gasteiger charge is 2.27. The molecule has 1 aliphatic heterocycles. The first kappa shape index (κ1) is 14.0. The molecule has 0 amide bonds. The molecule has 1 N–H and O–H groups in total. The van der Waals surface area contributed by atoms with Crippen molar-refractivity contribution in [1.29, 1.82) is 0 Å². The van der Waals surface area contributed by atoms with E-state index in [-0.39, 0.29) is 5.41 Å². The Morgan fingerprint density at radius 2 is 1.88 bits per heavy atom. The summed E-state index contributed by atoms with van der Waals surface area (Å²) in [4.78, 5) is 2.55. The van der Waals surface area contributed by atoms with E-state index < -0.39 is 0 Å². The van der Waals surface area contributed by atoms with Crippen LogP contribution in [0.15, 0.2) is 0 Å². The number of piperidine rings is 1. The van der Waals surface area contributed by atoms with Crippen molar-refractivity contribution < 1.29 is 5.11 Å². The number of nitrogens with zero attached hydrogens (tertiary/aromatic N) is 1. The van der Waals surface area contributed by atoms with Gasteiger partial charge in [0.1, 0.15) is 0 Å². The van der Waals surface area contributed by atoms with Crippen LogP contribution in [0.3, 0.4) is 0 Å². The summed E-state index contributed by atoms with van der Waals surface area (Å²) in [6.45, 7) is 10.6. The van der Waals surface area contributed by atoms with Crippen molar-refractivity contribution >= 4 is 0 Å². The normalized spacial score (nSPS) is 23.2. The van der Waals surface area contributed by atoms with Crippen molar-refractivity contribution in [3.05, 3.63) is 0 Å². The lowest BCUT2D eigenvalue weighted by molar-refractivity contribution is 0.0621. The van der Waals surface area contributed by atoms with Crippen LogP contribution in [0.4, 0.5) is 0 Å². The zero-order valence-corrected chi connectivity index (χ0v) is 11.3. The second kappa shape index (κ2) is 6.61. The van der Waals surface area contributed by atoms with Crippen LogP contribution in [0.5, 0.6) is 0 Å². The Hall–Kier alpha value is -0.0800. The minimum atomic E-state index is 0.119. The Kier molecular flexibility index (Phi) is 5.77. The molecule has 1 aliphatic rings. The van der Waals surface area contributed by atoms with E-state index in [1.807, 2.05) is 0 Å². The van der Waals surface area contributed by atoms with Gasteiger partial charge in [-0.3, -0.25) is 0 Å². The zero-order valence-electron chi connectivity index (χ0n) is 11.3. The highest BCUT2D eigenvalue weighted by atomic mass is 16.3. The molecule has 1 unspecified atom stereocenters. The summed E-state index contributed by atoms with van der Waals surface area (Å²) in [7, 11) is 0. The van der Waals surface area contributed by atoms with Crippen molar-refractivity contribution in [2.75, 3.05) is 26.2 Å².